The number of Topliss-reactive ketones (excluding diaryl/α,β-unsaturated/α-hetero) is 6. The van der Waals surface area contributed by atoms with Crippen molar-refractivity contribution >= 4 is 46.3 Å². The average Bonchev–Trinajstić information content (AvgIpc) is 0.853. The zero-order chi connectivity index (χ0) is 98.0. The maximum atomic E-state index is 13.7. The fourth-order valence-corrected chi connectivity index (χ4v) is 20.0. The van der Waals surface area contributed by atoms with Gasteiger partial charge in [0.25, 0.3) is 0 Å². The van der Waals surface area contributed by atoms with Crippen molar-refractivity contribution in [1.82, 2.24) is 29.4 Å². The minimum absolute atomic E-state index is 0.0128. The van der Waals surface area contributed by atoms with Gasteiger partial charge in [-0.25, -0.2) is 17.6 Å². The molecule has 6 aliphatic heterocycles. The molecule has 0 aromatic heterocycles. The third kappa shape index (κ3) is 35.5. The third-order valence-corrected chi connectivity index (χ3v) is 28.4. The smallest absolute Gasteiger partial charge is 0.140 e. The Morgan fingerprint density at radius 3 is 0.821 bits per heavy atom. The topological polar surface area (TPSA) is 131 Å². The van der Waals surface area contributed by atoms with Crippen LogP contribution in [-0.2, 0) is 107 Å². The number of aryl methyl sites for hydroxylation is 1. The number of halogens is 5. The first kappa shape index (κ1) is 106. The number of para-hydroxylation sites is 1. The highest BCUT2D eigenvalue weighted by Crippen LogP contribution is 2.32. The SMILES string of the molecule is COc1ccccc1CC(=O)C1CCN(Cc2ccccc2)CC1.Cc1cccc(CC(=O)C2CCN(Cc3ccccc3)CC2)c1.O=C(Cc1cc(F)ccc1F)C1CCN(Cc2ccccc2)CC1.O=C(Cc1cccc(F)c1)C1CCN(Cc2ccccc2)CC1.O=C(Cc1ccccc1Cl)C1CCN(Cc2ccccc2)CC1.O=C(Cc1ccccc1F)C1CCN(Cc2ccccc2)CC1. The van der Waals surface area contributed by atoms with Gasteiger partial charge < -0.3 is 4.74 Å². The molecule has 0 aliphatic carbocycles. The molecule has 12 aromatic carbocycles. The molecule has 140 heavy (non-hydrogen) atoms. The molecule has 0 atom stereocenters. The number of hydrogen-bond acceptors (Lipinski definition) is 13. The van der Waals surface area contributed by atoms with E-state index in [2.05, 4.69) is 194 Å². The van der Waals surface area contributed by atoms with Gasteiger partial charge in [0.2, 0.25) is 0 Å². The zero-order valence-corrected chi connectivity index (χ0v) is 82.2. The van der Waals surface area contributed by atoms with Crippen LogP contribution >= 0.6 is 11.6 Å². The van der Waals surface area contributed by atoms with E-state index >= 15 is 0 Å². The number of piperidine rings is 6. The molecule has 0 N–H and O–H groups in total. The third-order valence-electron chi connectivity index (χ3n) is 28.1. The van der Waals surface area contributed by atoms with E-state index in [0.29, 0.717) is 53.6 Å². The van der Waals surface area contributed by atoms with Crippen LogP contribution in [-0.4, -0.2) is 150 Å². The Morgan fingerprint density at radius 1 is 0.250 bits per heavy atom. The first-order chi connectivity index (χ1) is 68.2. The summed E-state index contributed by atoms with van der Waals surface area (Å²) in [5, 5.41) is 0.697. The van der Waals surface area contributed by atoms with Crippen LogP contribution in [0.1, 0.15) is 149 Å². The minimum Gasteiger partial charge on any atom is -0.496 e. The molecule has 6 fully saturated rings. The highest BCUT2D eigenvalue weighted by atomic mass is 35.5. The van der Waals surface area contributed by atoms with Crippen LogP contribution in [0.3, 0.4) is 0 Å². The molecule has 6 heterocycles. The first-order valence-electron chi connectivity index (χ1n) is 50.3. The largest absolute Gasteiger partial charge is 0.496 e. The van der Waals surface area contributed by atoms with Crippen molar-refractivity contribution in [2.75, 3.05) is 85.6 Å². The normalized spacial score (nSPS) is 16.3. The molecule has 0 saturated carbocycles. The van der Waals surface area contributed by atoms with E-state index in [1.165, 1.54) is 57.1 Å². The summed E-state index contributed by atoms with van der Waals surface area (Å²) in [6.45, 7) is 19.3. The molecule has 0 radical (unpaired) electrons. The maximum Gasteiger partial charge on any atom is 0.140 e. The molecular weight excluding hydrogens is 1770 g/mol. The molecule has 18 heteroatoms. The van der Waals surface area contributed by atoms with Crippen molar-refractivity contribution in [1.29, 1.82) is 0 Å². The van der Waals surface area contributed by atoms with Crippen molar-refractivity contribution in [3.8, 4) is 5.75 Å². The van der Waals surface area contributed by atoms with E-state index in [1.54, 1.807) is 31.4 Å². The number of benzene rings is 12. The summed E-state index contributed by atoms with van der Waals surface area (Å²) in [6, 6.07) is 103. The lowest BCUT2D eigenvalue weighted by Gasteiger charge is -2.31. The number of carbonyl (C=O) groups is 6. The molecule has 0 spiro atoms. The van der Waals surface area contributed by atoms with Crippen LogP contribution in [0.5, 0.6) is 5.75 Å². The Kier molecular flexibility index (Phi) is 42.7. The van der Waals surface area contributed by atoms with Gasteiger partial charge in [0.05, 0.1) is 7.11 Å². The van der Waals surface area contributed by atoms with Gasteiger partial charge in [-0.3, -0.25) is 58.2 Å². The molecule has 0 bridgehead atoms. The second-order valence-electron chi connectivity index (χ2n) is 38.4. The Bertz CT molecular complexity index is 5550. The summed E-state index contributed by atoms with van der Waals surface area (Å²) in [4.78, 5) is 89.3. The van der Waals surface area contributed by atoms with Gasteiger partial charge in [-0.2, -0.15) is 0 Å². The Morgan fingerprint density at radius 2 is 0.500 bits per heavy atom. The monoisotopic (exact) mass is 1910 g/mol. The van der Waals surface area contributed by atoms with Gasteiger partial charge >= 0.3 is 0 Å². The van der Waals surface area contributed by atoms with Crippen LogP contribution in [0.4, 0.5) is 17.6 Å². The summed E-state index contributed by atoms with van der Waals surface area (Å²) in [5.41, 5.74) is 13.7. The molecule has 12 aromatic rings. The van der Waals surface area contributed by atoms with E-state index in [1.807, 2.05) is 103 Å². The van der Waals surface area contributed by atoms with Crippen molar-refractivity contribution in [3.63, 3.8) is 0 Å². The Hall–Kier alpha value is -11.8. The lowest BCUT2D eigenvalue weighted by Crippen LogP contribution is -2.36. The van der Waals surface area contributed by atoms with E-state index in [4.69, 9.17) is 16.3 Å². The van der Waals surface area contributed by atoms with Crippen LogP contribution in [0.15, 0.2) is 322 Å². The summed E-state index contributed by atoms with van der Waals surface area (Å²) in [7, 11) is 1.66. The predicted molar refractivity (Wildman–Crippen MR) is 554 cm³/mol. The molecule has 18 rings (SSSR count). The van der Waals surface area contributed by atoms with Crippen LogP contribution < -0.4 is 4.74 Å². The molecule has 732 valence electrons. The fraction of sp³-hybridized carbons (Fsp3) is 0.361. The second kappa shape index (κ2) is 56.6. The van der Waals surface area contributed by atoms with Crippen molar-refractivity contribution in [3.05, 3.63) is 422 Å². The van der Waals surface area contributed by atoms with Gasteiger partial charge in [-0.1, -0.05) is 290 Å². The maximum absolute atomic E-state index is 13.7. The molecular formula is C122H137ClF4N6O7. The average molecular weight is 1910 g/mol. The number of methoxy groups -OCH3 is 1. The highest BCUT2D eigenvalue weighted by Gasteiger charge is 2.32. The summed E-state index contributed by atoms with van der Waals surface area (Å²) in [6.07, 6.45) is 13.0. The zero-order valence-electron chi connectivity index (χ0n) is 81.5. The lowest BCUT2D eigenvalue weighted by atomic mass is 9.89. The van der Waals surface area contributed by atoms with Crippen LogP contribution in [0, 0.1) is 65.7 Å². The highest BCUT2D eigenvalue weighted by molar-refractivity contribution is 6.31. The molecule has 0 unspecified atom stereocenters. The van der Waals surface area contributed by atoms with E-state index in [-0.39, 0.29) is 82.9 Å². The number of likely N-dealkylation sites (tertiary alicyclic amines) is 6. The summed E-state index contributed by atoms with van der Waals surface area (Å²) < 4.78 is 59.1. The number of rotatable bonds is 31. The molecule has 6 saturated heterocycles. The number of nitrogens with zero attached hydrogens (tertiary/aromatic N) is 6. The second-order valence-corrected chi connectivity index (χ2v) is 38.8. The number of ketones is 6. The Labute approximate surface area is 832 Å². The van der Waals surface area contributed by atoms with Gasteiger partial charge in [-0.15, -0.1) is 0 Å². The molecule has 13 nitrogen and oxygen atoms in total. The van der Waals surface area contributed by atoms with Crippen LogP contribution in [0.2, 0.25) is 5.02 Å². The number of carbonyl (C=O) groups excluding carboxylic acids is 6. The van der Waals surface area contributed by atoms with Crippen LogP contribution in [0.25, 0.3) is 0 Å². The Balaban J connectivity index is 0.000000141. The predicted octanol–water partition coefficient (Wildman–Crippen LogP) is 23.8. The van der Waals surface area contributed by atoms with E-state index < -0.39 is 11.6 Å². The molecule has 6 aliphatic rings. The first-order valence-corrected chi connectivity index (χ1v) is 50.7. The number of hydrogen-bond donors (Lipinski definition) is 0. The quantitative estimate of drug-likeness (QED) is 0.0382. The number of ether oxygens (including phenoxy) is 1. The van der Waals surface area contributed by atoms with Gasteiger partial charge in [0, 0.05) is 124 Å². The van der Waals surface area contributed by atoms with Gasteiger partial charge in [-0.05, 0) is 272 Å². The lowest BCUT2D eigenvalue weighted by molar-refractivity contribution is -0.124. The van der Waals surface area contributed by atoms with E-state index in [0.717, 1.165) is 241 Å². The van der Waals surface area contributed by atoms with Gasteiger partial charge in [0.15, 0.2) is 0 Å². The summed E-state index contributed by atoms with van der Waals surface area (Å²) in [5.74, 6) is 1.51. The van der Waals surface area contributed by atoms with Gasteiger partial charge in [0.1, 0.15) is 63.7 Å². The van der Waals surface area contributed by atoms with Crippen molar-refractivity contribution in [2.45, 2.75) is 162 Å². The minimum atomic E-state index is -0.508. The van der Waals surface area contributed by atoms with Crippen molar-refractivity contribution < 1.29 is 51.1 Å². The standard InChI is InChI=1S/C21H25NO2.C21H25NO.C20H22ClNO.C20H21F2NO.2C20H22FNO/c1-24-21-10-6-5-9-19(21)15-20(23)18-11-13-22(14-12-18)16-17-7-3-2-4-8-17;1-17-6-5-9-19(14-17)15-21(23)20-10-12-22(13-11-20)16-18-7-3-2-4-8-18;21-19-9-5-4-8-18(19)14-20(23)17-10-12-22(13-11-17)15-16-6-2-1-3-7-16;21-18-6-7-19(22)17(12-18)13-20(24)16-8-10-23(11-9-16)14-15-4-2-1-3-5-15;21-19-9-5-4-8-18(19)14-20(23)17-10-12-22(13-11-17)15-16-6-2-1-3-7-16;21-19-8-4-7-17(13-19)14-20(23)18-9-11-22(12-10-18)15-16-5-2-1-3-6-16/h2-10,18H,11-16H2,1H3;2-9,14,20H,10-13,15-16H2,1H3;1-9,17H,10-15H2;1-7,12,16H,8-11,13-14H2;1-9,17H,10-15H2;1-8,13,18H,9-12,14-15H2. The fourth-order valence-electron chi connectivity index (χ4n) is 19.8. The summed E-state index contributed by atoms with van der Waals surface area (Å²) >= 11 is 6.16. The van der Waals surface area contributed by atoms with Crippen molar-refractivity contribution in [2.24, 2.45) is 35.5 Å². The molecule has 0 amide bonds. The van der Waals surface area contributed by atoms with E-state index in [9.17, 15) is 46.3 Å².